The molecule has 0 unspecified atom stereocenters. The van der Waals surface area contributed by atoms with Crippen LogP contribution in [0.25, 0.3) is 11.1 Å². The number of anilines is 1. The molecule has 0 atom stereocenters. The molecular weight excluding hydrogens is 340 g/mol. The number of hydrogen-bond donors (Lipinski definition) is 1. The van der Waals surface area contributed by atoms with Crippen molar-refractivity contribution >= 4 is 23.3 Å². The van der Waals surface area contributed by atoms with Crippen molar-refractivity contribution in [3.05, 3.63) is 47.1 Å². The van der Waals surface area contributed by atoms with E-state index < -0.39 is 0 Å². The van der Waals surface area contributed by atoms with Gasteiger partial charge in [0.15, 0.2) is 0 Å². The van der Waals surface area contributed by atoms with E-state index >= 15 is 0 Å². The van der Waals surface area contributed by atoms with Gasteiger partial charge in [0.05, 0.1) is 7.11 Å². The lowest BCUT2D eigenvalue weighted by molar-refractivity contribution is -0.282. The first-order valence-electron chi connectivity index (χ1n) is 8.38. The number of nitrogens with one attached hydrogen (secondary N) is 1. The minimum Gasteiger partial charge on any atom is -0.310 e. The summed E-state index contributed by atoms with van der Waals surface area (Å²) in [6.45, 7) is 0.337. The summed E-state index contributed by atoms with van der Waals surface area (Å²) in [6.07, 6.45) is 5.91. The van der Waals surface area contributed by atoms with E-state index in [1.807, 2.05) is 24.3 Å². The predicted molar refractivity (Wildman–Crippen MR) is 97.1 cm³/mol. The third kappa shape index (κ3) is 4.57. The number of benzene rings is 1. The van der Waals surface area contributed by atoms with E-state index in [1.165, 1.54) is 7.11 Å². The third-order valence-electron chi connectivity index (χ3n) is 4.43. The molecule has 1 amide bonds. The number of rotatable bonds is 6. The van der Waals surface area contributed by atoms with Crippen LogP contribution in [0.5, 0.6) is 0 Å². The Bertz CT molecular complexity index is 728. The van der Waals surface area contributed by atoms with E-state index in [0.717, 1.165) is 42.4 Å². The van der Waals surface area contributed by atoms with Gasteiger partial charge in [-0.1, -0.05) is 30.5 Å². The van der Waals surface area contributed by atoms with E-state index in [2.05, 4.69) is 15.2 Å². The minimum absolute atomic E-state index is 0.0643. The first-order chi connectivity index (χ1) is 12.2. The molecule has 0 radical (unpaired) electrons. The first-order valence-corrected chi connectivity index (χ1v) is 8.76. The summed E-state index contributed by atoms with van der Waals surface area (Å²) >= 11 is 6.31. The Morgan fingerprint density at radius 1 is 1.28 bits per heavy atom. The Labute approximate surface area is 152 Å². The SMILES string of the molecule is COOCc1ccc(Cl)c(-c2ccc(NC(=O)C3CCCC3)nc2)c1. The van der Waals surface area contributed by atoms with E-state index in [4.69, 9.17) is 16.5 Å². The monoisotopic (exact) mass is 360 g/mol. The molecule has 25 heavy (non-hydrogen) atoms. The summed E-state index contributed by atoms with van der Waals surface area (Å²) in [7, 11) is 1.47. The zero-order valence-corrected chi connectivity index (χ0v) is 14.9. The molecule has 5 nitrogen and oxygen atoms in total. The van der Waals surface area contributed by atoms with E-state index in [0.29, 0.717) is 17.4 Å². The highest BCUT2D eigenvalue weighted by atomic mass is 35.5. The van der Waals surface area contributed by atoms with E-state index in [9.17, 15) is 4.79 Å². The Kier molecular flexibility index (Phi) is 6.02. The summed E-state index contributed by atoms with van der Waals surface area (Å²) in [5, 5.41) is 3.53. The van der Waals surface area contributed by atoms with Gasteiger partial charge in [0.2, 0.25) is 5.91 Å². The second kappa shape index (κ2) is 8.43. The smallest absolute Gasteiger partial charge is 0.228 e. The van der Waals surface area contributed by atoms with Gasteiger partial charge in [-0.15, -0.1) is 0 Å². The molecule has 3 rings (SSSR count). The highest BCUT2D eigenvalue weighted by Gasteiger charge is 2.22. The van der Waals surface area contributed by atoms with Crippen molar-refractivity contribution in [1.82, 2.24) is 4.98 Å². The molecule has 1 aromatic carbocycles. The Hall–Kier alpha value is -1.95. The lowest BCUT2D eigenvalue weighted by atomic mass is 10.0. The minimum atomic E-state index is 0.0643. The first kappa shape index (κ1) is 17.9. The largest absolute Gasteiger partial charge is 0.310 e. The number of carbonyl (C=O) groups excluding carboxylic acids is 1. The van der Waals surface area contributed by atoms with Gasteiger partial charge in [-0.25, -0.2) is 14.8 Å². The Balaban J connectivity index is 1.72. The van der Waals surface area contributed by atoms with Crippen molar-refractivity contribution in [3.8, 4) is 11.1 Å². The van der Waals surface area contributed by atoms with Gasteiger partial charge in [-0.05, 0) is 42.7 Å². The molecule has 6 heteroatoms. The van der Waals surface area contributed by atoms with E-state index in [1.54, 1.807) is 12.3 Å². The Morgan fingerprint density at radius 2 is 2.08 bits per heavy atom. The number of hydrogen-bond acceptors (Lipinski definition) is 4. The normalized spacial score (nSPS) is 14.6. The molecule has 1 aromatic heterocycles. The topological polar surface area (TPSA) is 60.5 Å². The van der Waals surface area contributed by atoms with Gasteiger partial charge < -0.3 is 5.32 Å². The maximum absolute atomic E-state index is 12.2. The lowest BCUT2D eigenvalue weighted by Gasteiger charge is -2.11. The molecule has 0 bridgehead atoms. The molecule has 1 N–H and O–H groups in total. The zero-order valence-electron chi connectivity index (χ0n) is 14.1. The molecule has 0 aliphatic heterocycles. The molecule has 1 aliphatic rings. The Morgan fingerprint density at radius 3 is 2.76 bits per heavy atom. The third-order valence-corrected chi connectivity index (χ3v) is 4.76. The van der Waals surface area contributed by atoms with Crippen LogP contribution < -0.4 is 5.32 Å². The van der Waals surface area contributed by atoms with Crippen LogP contribution in [0.15, 0.2) is 36.5 Å². The zero-order chi connectivity index (χ0) is 17.6. The molecule has 1 saturated carbocycles. The number of halogens is 1. The van der Waals surface area contributed by atoms with Gasteiger partial charge in [-0.2, -0.15) is 0 Å². The van der Waals surface area contributed by atoms with Crippen molar-refractivity contribution in [2.75, 3.05) is 12.4 Å². The van der Waals surface area contributed by atoms with Crippen LogP contribution in [0.2, 0.25) is 5.02 Å². The second-order valence-electron chi connectivity index (χ2n) is 6.15. The molecule has 0 saturated heterocycles. The quantitative estimate of drug-likeness (QED) is 0.603. The molecule has 0 spiro atoms. The summed E-state index contributed by atoms with van der Waals surface area (Å²) in [4.78, 5) is 26.1. The lowest BCUT2D eigenvalue weighted by Crippen LogP contribution is -2.20. The van der Waals surface area contributed by atoms with Crippen LogP contribution in [0.1, 0.15) is 31.2 Å². The maximum Gasteiger partial charge on any atom is 0.228 e. The fourth-order valence-corrected chi connectivity index (χ4v) is 3.28. The van der Waals surface area contributed by atoms with E-state index in [-0.39, 0.29) is 11.8 Å². The van der Waals surface area contributed by atoms with Crippen molar-refractivity contribution in [1.29, 1.82) is 0 Å². The van der Waals surface area contributed by atoms with Crippen LogP contribution >= 0.6 is 11.6 Å². The van der Waals surface area contributed by atoms with Crippen molar-refractivity contribution in [3.63, 3.8) is 0 Å². The van der Waals surface area contributed by atoms with Crippen LogP contribution in [0.4, 0.5) is 5.82 Å². The summed E-state index contributed by atoms with van der Waals surface area (Å²) in [6, 6.07) is 9.35. The maximum atomic E-state index is 12.2. The molecule has 1 heterocycles. The summed E-state index contributed by atoms with van der Waals surface area (Å²) < 4.78 is 0. The molecule has 132 valence electrons. The fraction of sp³-hybridized carbons (Fsp3) is 0.368. The van der Waals surface area contributed by atoms with Gasteiger partial charge in [-0.3, -0.25) is 4.79 Å². The molecule has 1 fully saturated rings. The molecule has 1 aliphatic carbocycles. The fourth-order valence-electron chi connectivity index (χ4n) is 3.05. The highest BCUT2D eigenvalue weighted by molar-refractivity contribution is 6.33. The number of amides is 1. The van der Waals surface area contributed by atoms with Crippen molar-refractivity contribution in [2.24, 2.45) is 5.92 Å². The number of aromatic nitrogens is 1. The summed E-state index contributed by atoms with van der Waals surface area (Å²) in [5.74, 6) is 0.749. The summed E-state index contributed by atoms with van der Waals surface area (Å²) in [5.41, 5.74) is 2.68. The number of nitrogens with zero attached hydrogens (tertiary/aromatic N) is 1. The van der Waals surface area contributed by atoms with Crippen LogP contribution in [0.3, 0.4) is 0 Å². The van der Waals surface area contributed by atoms with Crippen LogP contribution in [-0.2, 0) is 21.2 Å². The molecular formula is C19H21ClN2O3. The molecule has 2 aromatic rings. The average molecular weight is 361 g/mol. The highest BCUT2D eigenvalue weighted by Crippen LogP contribution is 2.30. The van der Waals surface area contributed by atoms with Crippen molar-refractivity contribution in [2.45, 2.75) is 32.3 Å². The van der Waals surface area contributed by atoms with Crippen LogP contribution in [0, 0.1) is 5.92 Å². The predicted octanol–water partition coefficient (Wildman–Crippen LogP) is 4.61. The van der Waals surface area contributed by atoms with Gasteiger partial charge >= 0.3 is 0 Å². The van der Waals surface area contributed by atoms with Gasteiger partial charge in [0.1, 0.15) is 12.4 Å². The van der Waals surface area contributed by atoms with Crippen molar-refractivity contribution < 1.29 is 14.6 Å². The average Bonchev–Trinajstić information content (AvgIpc) is 3.17. The van der Waals surface area contributed by atoms with Crippen LogP contribution in [-0.4, -0.2) is 18.0 Å². The number of pyridine rings is 1. The number of carbonyl (C=O) groups is 1. The second-order valence-corrected chi connectivity index (χ2v) is 6.55. The van der Waals surface area contributed by atoms with Gasteiger partial charge in [0, 0.05) is 28.3 Å². The van der Waals surface area contributed by atoms with Gasteiger partial charge in [0.25, 0.3) is 0 Å². The standard InChI is InChI=1S/C19H21ClN2O3/c1-24-25-12-13-6-8-17(20)16(10-13)15-7-9-18(21-11-15)22-19(23)14-4-2-3-5-14/h6-11,14H,2-5,12H2,1H3,(H,21,22,23).